The first-order valence-electron chi connectivity index (χ1n) is 6.49. The zero-order valence-electron chi connectivity index (χ0n) is 11.0. The second-order valence-electron chi connectivity index (χ2n) is 4.93. The van der Waals surface area contributed by atoms with Gasteiger partial charge < -0.3 is 9.88 Å². The summed E-state index contributed by atoms with van der Waals surface area (Å²) in [5.74, 6) is 1.21. The molecule has 18 heavy (non-hydrogen) atoms. The molecule has 2 rings (SSSR count). The van der Waals surface area contributed by atoms with E-state index >= 15 is 0 Å². The summed E-state index contributed by atoms with van der Waals surface area (Å²) < 4.78 is 2.03. The third-order valence-corrected chi connectivity index (χ3v) is 3.23. The summed E-state index contributed by atoms with van der Waals surface area (Å²) in [5.41, 5.74) is 0. The molecule has 0 fully saturated rings. The van der Waals surface area contributed by atoms with E-state index in [2.05, 4.69) is 41.5 Å². The van der Waals surface area contributed by atoms with Crippen LogP contribution in [0.5, 0.6) is 0 Å². The van der Waals surface area contributed by atoms with Crippen molar-refractivity contribution in [3.8, 4) is 0 Å². The third-order valence-electron chi connectivity index (χ3n) is 3.23. The summed E-state index contributed by atoms with van der Waals surface area (Å²) in [4.78, 5) is 11.8. The predicted molar refractivity (Wildman–Crippen MR) is 69.0 cm³/mol. The van der Waals surface area contributed by atoms with Crippen LogP contribution in [0.3, 0.4) is 0 Å². The van der Waals surface area contributed by atoms with Crippen molar-refractivity contribution in [1.82, 2.24) is 20.1 Å². The molecular weight excluding hydrogens is 228 g/mol. The molecule has 1 amide bonds. The molecular formula is C13H20N4O. The number of nitrogens with zero attached hydrogens (tertiary/aromatic N) is 3. The van der Waals surface area contributed by atoms with E-state index in [0.717, 1.165) is 25.1 Å². The first-order chi connectivity index (χ1) is 8.68. The third kappa shape index (κ3) is 2.97. The lowest BCUT2D eigenvalue weighted by atomic mass is 10.1. The van der Waals surface area contributed by atoms with Crippen molar-refractivity contribution >= 4 is 5.91 Å². The van der Waals surface area contributed by atoms with Crippen LogP contribution in [0.15, 0.2) is 18.5 Å². The Morgan fingerprint density at radius 2 is 2.22 bits per heavy atom. The smallest absolute Gasteiger partial charge is 0.223 e. The maximum atomic E-state index is 11.8. The molecule has 0 bridgehead atoms. The second kappa shape index (κ2) is 5.80. The van der Waals surface area contributed by atoms with Crippen molar-refractivity contribution in [3.05, 3.63) is 24.3 Å². The zero-order chi connectivity index (χ0) is 13.0. The predicted octanol–water partition coefficient (Wildman–Crippen LogP) is 1.48. The molecule has 5 nitrogen and oxygen atoms in total. The monoisotopic (exact) mass is 248 g/mol. The molecule has 0 unspecified atom stereocenters. The van der Waals surface area contributed by atoms with Crippen LogP contribution in [0, 0.1) is 5.92 Å². The van der Waals surface area contributed by atoms with Crippen molar-refractivity contribution in [2.75, 3.05) is 6.54 Å². The Morgan fingerprint density at radius 1 is 1.50 bits per heavy atom. The van der Waals surface area contributed by atoms with Gasteiger partial charge in [0.05, 0.1) is 0 Å². The molecule has 1 aromatic rings. The molecule has 0 saturated carbocycles. The van der Waals surface area contributed by atoms with E-state index in [4.69, 9.17) is 0 Å². The van der Waals surface area contributed by atoms with Gasteiger partial charge in [0.1, 0.15) is 12.2 Å². The van der Waals surface area contributed by atoms with Gasteiger partial charge >= 0.3 is 0 Å². The van der Waals surface area contributed by atoms with Gasteiger partial charge in [-0.1, -0.05) is 12.2 Å². The number of carbonyl (C=O) groups is 1. The minimum atomic E-state index is 0.132. The van der Waals surface area contributed by atoms with Gasteiger partial charge in [0.25, 0.3) is 0 Å². The second-order valence-corrected chi connectivity index (χ2v) is 4.93. The lowest BCUT2D eigenvalue weighted by molar-refractivity contribution is -0.124. The van der Waals surface area contributed by atoms with Crippen LogP contribution in [0.25, 0.3) is 0 Å². The normalized spacial score (nSPS) is 15.5. The van der Waals surface area contributed by atoms with E-state index < -0.39 is 0 Å². The molecule has 1 heterocycles. The summed E-state index contributed by atoms with van der Waals surface area (Å²) in [6.07, 6.45) is 8.34. The fourth-order valence-electron chi connectivity index (χ4n) is 2.15. The van der Waals surface area contributed by atoms with E-state index in [1.165, 1.54) is 0 Å². The molecule has 0 aromatic carbocycles. The van der Waals surface area contributed by atoms with E-state index in [1.54, 1.807) is 6.33 Å². The average Bonchev–Trinajstić information content (AvgIpc) is 2.99. The number of hydrogen-bond donors (Lipinski definition) is 1. The van der Waals surface area contributed by atoms with E-state index in [0.29, 0.717) is 12.6 Å². The Bertz CT molecular complexity index is 428. The molecule has 1 aromatic heterocycles. The standard InChI is InChI=1S/C13H20N4O/c1-10(2)17-9-15-16-12(17)7-8-14-13(18)11-5-3-4-6-11/h3-4,9-11H,5-8H2,1-2H3,(H,14,18). The first kappa shape index (κ1) is 12.8. The van der Waals surface area contributed by atoms with Crippen LogP contribution in [0.4, 0.5) is 0 Å². The van der Waals surface area contributed by atoms with Crippen LogP contribution >= 0.6 is 0 Å². The van der Waals surface area contributed by atoms with Gasteiger partial charge in [-0.05, 0) is 26.7 Å². The maximum Gasteiger partial charge on any atom is 0.223 e. The Labute approximate surface area is 107 Å². The van der Waals surface area contributed by atoms with Gasteiger partial charge in [-0.15, -0.1) is 10.2 Å². The highest BCUT2D eigenvalue weighted by Gasteiger charge is 2.18. The number of nitrogens with one attached hydrogen (secondary N) is 1. The minimum Gasteiger partial charge on any atom is -0.355 e. The van der Waals surface area contributed by atoms with E-state index in [-0.39, 0.29) is 11.8 Å². The lowest BCUT2D eigenvalue weighted by Crippen LogP contribution is -2.31. The number of carbonyl (C=O) groups excluding carboxylic acids is 1. The van der Waals surface area contributed by atoms with Crippen LogP contribution in [-0.4, -0.2) is 27.2 Å². The zero-order valence-corrected chi connectivity index (χ0v) is 11.0. The molecule has 0 radical (unpaired) electrons. The molecule has 0 atom stereocenters. The molecule has 1 aliphatic carbocycles. The summed E-state index contributed by atoms with van der Waals surface area (Å²) in [6, 6.07) is 0.352. The van der Waals surface area contributed by atoms with E-state index in [9.17, 15) is 4.79 Å². The Kier molecular flexibility index (Phi) is 4.12. The number of rotatable bonds is 5. The highest BCUT2D eigenvalue weighted by Crippen LogP contribution is 2.17. The summed E-state index contributed by atoms with van der Waals surface area (Å²) >= 11 is 0. The van der Waals surface area contributed by atoms with Gasteiger partial charge in [0, 0.05) is 24.9 Å². The van der Waals surface area contributed by atoms with Crippen LogP contribution in [0.1, 0.15) is 38.6 Å². The van der Waals surface area contributed by atoms with Crippen molar-refractivity contribution in [3.63, 3.8) is 0 Å². The van der Waals surface area contributed by atoms with Crippen LogP contribution in [-0.2, 0) is 11.2 Å². The molecule has 1 N–H and O–H groups in total. The van der Waals surface area contributed by atoms with Crippen molar-refractivity contribution in [2.45, 2.75) is 39.2 Å². The van der Waals surface area contributed by atoms with Gasteiger partial charge in [0.15, 0.2) is 0 Å². The maximum absolute atomic E-state index is 11.8. The first-order valence-corrected chi connectivity index (χ1v) is 6.49. The fraction of sp³-hybridized carbons (Fsp3) is 0.615. The van der Waals surface area contributed by atoms with Crippen LogP contribution in [0.2, 0.25) is 0 Å². The minimum absolute atomic E-state index is 0.132. The quantitative estimate of drug-likeness (QED) is 0.803. The number of hydrogen-bond acceptors (Lipinski definition) is 3. The number of amides is 1. The Morgan fingerprint density at radius 3 is 2.89 bits per heavy atom. The molecule has 1 aliphatic rings. The van der Waals surface area contributed by atoms with Gasteiger partial charge in [0.2, 0.25) is 5.91 Å². The SMILES string of the molecule is CC(C)n1cnnc1CCNC(=O)C1CC=CC1. The molecule has 0 aliphatic heterocycles. The lowest BCUT2D eigenvalue weighted by Gasteiger charge is -2.12. The number of allylic oxidation sites excluding steroid dienone is 2. The number of aromatic nitrogens is 3. The molecule has 0 spiro atoms. The van der Waals surface area contributed by atoms with Gasteiger partial charge in [-0.25, -0.2) is 0 Å². The van der Waals surface area contributed by atoms with E-state index in [1.807, 2.05) is 4.57 Å². The van der Waals surface area contributed by atoms with Gasteiger partial charge in [-0.3, -0.25) is 4.79 Å². The molecule has 0 saturated heterocycles. The Hall–Kier alpha value is -1.65. The largest absolute Gasteiger partial charge is 0.355 e. The fourth-order valence-corrected chi connectivity index (χ4v) is 2.15. The molecule has 5 heteroatoms. The van der Waals surface area contributed by atoms with Crippen molar-refractivity contribution in [1.29, 1.82) is 0 Å². The highest BCUT2D eigenvalue weighted by molar-refractivity contribution is 5.79. The van der Waals surface area contributed by atoms with Crippen molar-refractivity contribution in [2.24, 2.45) is 5.92 Å². The molecule has 98 valence electrons. The summed E-state index contributed by atoms with van der Waals surface area (Å²) in [5, 5.41) is 11.0. The average molecular weight is 248 g/mol. The topological polar surface area (TPSA) is 59.8 Å². The van der Waals surface area contributed by atoms with Gasteiger partial charge in [-0.2, -0.15) is 0 Å². The summed E-state index contributed by atoms with van der Waals surface area (Å²) in [6.45, 7) is 4.81. The van der Waals surface area contributed by atoms with Crippen molar-refractivity contribution < 1.29 is 4.79 Å². The van der Waals surface area contributed by atoms with Crippen LogP contribution < -0.4 is 5.32 Å². The Balaban J connectivity index is 1.78. The summed E-state index contributed by atoms with van der Waals surface area (Å²) in [7, 11) is 0. The highest BCUT2D eigenvalue weighted by atomic mass is 16.1.